The average molecular weight is 372 g/mol. The highest BCUT2D eigenvalue weighted by atomic mass is 79.9. The maximum atomic E-state index is 11.9. The summed E-state index contributed by atoms with van der Waals surface area (Å²) in [6.45, 7) is 0. The molecule has 0 saturated carbocycles. The normalized spacial score (nSPS) is 10.1. The van der Waals surface area contributed by atoms with E-state index in [1.807, 2.05) is 0 Å². The standard InChI is InChI=1S/C12H8Br2N2O2/c13-9-4-8(5-10(14)11(9)17)16-12(18)7-2-1-3-15-6-7/h1-6,17H,(H,16,18). The summed E-state index contributed by atoms with van der Waals surface area (Å²) in [7, 11) is 0. The van der Waals surface area contributed by atoms with Crippen LogP contribution in [0, 0.1) is 0 Å². The van der Waals surface area contributed by atoms with Crippen LogP contribution in [0.4, 0.5) is 5.69 Å². The van der Waals surface area contributed by atoms with Crippen LogP contribution in [0.15, 0.2) is 45.6 Å². The summed E-state index contributed by atoms with van der Waals surface area (Å²) in [6.07, 6.45) is 3.09. The number of benzene rings is 1. The van der Waals surface area contributed by atoms with Crippen molar-refractivity contribution in [2.24, 2.45) is 0 Å². The topological polar surface area (TPSA) is 62.2 Å². The Bertz CT molecular complexity index is 565. The molecule has 0 spiro atoms. The lowest BCUT2D eigenvalue weighted by molar-refractivity contribution is 0.102. The molecule has 6 heteroatoms. The van der Waals surface area contributed by atoms with Gasteiger partial charge in [-0.05, 0) is 56.1 Å². The number of amides is 1. The Morgan fingerprint density at radius 2 is 1.94 bits per heavy atom. The highest BCUT2D eigenvalue weighted by Crippen LogP contribution is 2.35. The summed E-state index contributed by atoms with van der Waals surface area (Å²) in [5.41, 5.74) is 1.04. The number of phenolic OH excluding ortho intramolecular Hbond substituents is 1. The molecule has 92 valence electrons. The first-order valence-electron chi connectivity index (χ1n) is 4.97. The Balaban J connectivity index is 2.23. The molecule has 1 aromatic carbocycles. The van der Waals surface area contributed by atoms with E-state index >= 15 is 0 Å². The number of anilines is 1. The Morgan fingerprint density at radius 3 is 2.50 bits per heavy atom. The fourth-order valence-electron chi connectivity index (χ4n) is 1.34. The second-order valence-corrected chi connectivity index (χ2v) is 5.19. The quantitative estimate of drug-likeness (QED) is 0.793. The molecule has 1 amide bonds. The van der Waals surface area contributed by atoms with Gasteiger partial charge in [-0.25, -0.2) is 0 Å². The van der Waals surface area contributed by atoms with E-state index in [1.54, 1.807) is 30.5 Å². The number of nitrogens with one attached hydrogen (secondary N) is 1. The zero-order valence-corrected chi connectivity index (χ0v) is 12.2. The number of nitrogens with zero attached hydrogens (tertiary/aromatic N) is 1. The molecule has 2 rings (SSSR count). The molecule has 1 aromatic heterocycles. The molecule has 0 atom stereocenters. The van der Waals surface area contributed by atoms with Crippen LogP contribution in [0.5, 0.6) is 5.75 Å². The molecule has 18 heavy (non-hydrogen) atoms. The maximum Gasteiger partial charge on any atom is 0.257 e. The highest BCUT2D eigenvalue weighted by molar-refractivity contribution is 9.11. The Labute approximate surface area is 120 Å². The summed E-state index contributed by atoms with van der Waals surface area (Å²) in [4.78, 5) is 15.8. The number of carbonyl (C=O) groups excluding carboxylic acids is 1. The monoisotopic (exact) mass is 370 g/mol. The van der Waals surface area contributed by atoms with Crippen LogP contribution in [0.3, 0.4) is 0 Å². The van der Waals surface area contributed by atoms with E-state index in [-0.39, 0.29) is 11.7 Å². The Morgan fingerprint density at radius 1 is 1.28 bits per heavy atom. The predicted molar refractivity (Wildman–Crippen MR) is 75.7 cm³/mol. The molecule has 0 fully saturated rings. The SMILES string of the molecule is O=C(Nc1cc(Br)c(O)c(Br)c1)c1cccnc1. The summed E-state index contributed by atoms with van der Waals surface area (Å²) in [6, 6.07) is 6.60. The molecular weight excluding hydrogens is 364 g/mol. The first kappa shape index (κ1) is 13.0. The van der Waals surface area contributed by atoms with Crippen LogP contribution >= 0.6 is 31.9 Å². The number of halogens is 2. The fourth-order valence-corrected chi connectivity index (χ4v) is 2.52. The molecule has 4 nitrogen and oxygen atoms in total. The molecular formula is C12H8Br2N2O2. The molecule has 0 aliphatic heterocycles. The van der Waals surface area contributed by atoms with Crippen molar-refractivity contribution in [3.63, 3.8) is 0 Å². The molecule has 0 bridgehead atoms. The van der Waals surface area contributed by atoms with Crippen LogP contribution in [-0.4, -0.2) is 16.0 Å². The van der Waals surface area contributed by atoms with Gasteiger partial charge in [0, 0.05) is 18.1 Å². The van der Waals surface area contributed by atoms with Gasteiger partial charge in [0.15, 0.2) is 0 Å². The van der Waals surface area contributed by atoms with Gasteiger partial charge in [-0.3, -0.25) is 9.78 Å². The van der Waals surface area contributed by atoms with Gasteiger partial charge in [-0.2, -0.15) is 0 Å². The maximum absolute atomic E-state index is 11.9. The lowest BCUT2D eigenvalue weighted by atomic mass is 10.2. The number of rotatable bonds is 2. The number of phenols is 1. The van der Waals surface area contributed by atoms with Gasteiger partial charge in [0.25, 0.3) is 5.91 Å². The molecule has 2 N–H and O–H groups in total. The van der Waals surface area contributed by atoms with Gasteiger partial charge in [-0.1, -0.05) is 0 Å². The molecule has 0 aliphatic rings. The highest BCUT2D eigenvalue weighted by Gasteiger charge is 2.09. The van der Waals surface area contributed by atoms with Gasteiger partial charge >= 0.3 is 0 Å². The molecule has 2 aromatic rings. The van der Waals surface area contributed by atoms with E-state index < -0.39 is 0 Å². The molecule has 0 unspecified atom stereocenters. The first-order chi connectivity index (χ1) is 8.58. The third kappa shape index (κ3) is 2.88. The lowest BCUT2D eigenvalue weighted by Gasteiger charge is -2.07. The number of hydrogen-bond donors (Lipinski definition) is 2. The average Bonchev–Trinajstić information content (AvgIpc) is 2.37. The summed E-state index contributed by atoms with van der Waals surface area (Å²) in [5, 5.41) is 12.3. The van der Waals surface area contributed by atoms with Crippen LogP contribution in [-0.2, 0) is 0 Å². The van der Waals surface area contributed by atoms with Crippen LogP contribution in [0.25, 0.3) is 0 Å². The third-order valence-electron chi connectivity index (χ3n) is 2.20. The number of pyridine rings is 1. The van der Waals surface area contributed by atoms with Crippen molar-refractivity contribution in [2.75, 3.05) is 5.32 Å². The van der Waals surface area contributed by atoms with Gasteiger partial charge in [0.05, 0.1) is 14.5 Å². The second kappa shape index (κ2) is 5.49. The van der Waals surface area contributed by atoms with Crippen LogP contribution < -0.4 is 5.32 Å². The van der Waals surface area contributed by atoms with Crippen molar-refractivity contribution in [1.82, 2.24) is 4.98 Å². The van der Waals surface area contributed by atoms with Crippen molar-refractivity contribution >= 4 is 43.5 Å². The molecule has 0 radical (unpaired) electrons. The van der Waals surface area contributed by atoms with E-state index in [4.69, 9.17) is 0 Å². The predicted octanol–water partition coefficient (Wildman–Crippen LogP) is 3.56. The van der Waals surface area contributed by atoms with Crippen molar-refractivity contribution in [3.05, 3.63) is 51.2 Å². The summed E-state index contributed by atoms with van der Waals surface area (Å²) >= 11 is 6.40. The third-order valence-corrected chi connectivity index (χ3v) is 3.41. The van der Waals surface area contributed by atoms with E-state index in [0.29, 0.717) is 20.2 Å². The second-order valence-electron chi connectivity index (χ2n) is 3.48. The van der Waals surface area contributed by atoms with E-state index in [1.165, 1.54) is 6.20 Å². The lowest BCUT2D eigenvalue weighted by Crippen LogP contribution is -2.11. The van der Waals surface area contributed by atoms with E-state index in [0.717, 1.165) is 0 Å². The van der Waals surface area contributed by atoms with E-state index in [9.17, 15) is 9.90 Å². The minimum absolute atomic E-state index is 0.0920. The van der Waals surface area contributed by atoms with Crippen molar-refractivity contribution in [1.29, 1.82) is 0 Å². The molecule has 1 heterocycles. The number of hydrogen-bond acceptors (Lipinski definition) is 3. The zero-order valence-electron chi connectivity index (χ0n) is 9.02. The van der Waals surface area contributed by atoms with Crippen molar-refractivity contribution in [3.8, 4) is 5.75 Å². The van der Waals surface area contributed by atoms with Crippen LogP contribution in [0.2, 0.25) is 0 Å². The van der Waals surface area contributed by atoms with Gasteiger partial charge < -0.3 is 10.4 Å². The van der Waals surface area contributed by atoms with Crippen molar-refractivity contribution < 1.29 is 9.90 Å². The van der Waals surface area contributed by atoms with Gasteiger partial charge in [0.1, 0.15) is 5.75 Å². The summed E-state index contributed by atoms with van der Waals surface area (Å²) < 4.78 is 0.997. The minimum Gasteiger partial charge on any atom is -0.506 e. The van der Waals surface area contributed by atoms with Gasteiger partial charge in [0.2, 0.25) is 0 Å². The fraction of sp³-hybridized carbons (Fsp3) is 0. The van der Waals surface area contributed by atoms with Crippen molar-refractivity contribution in [2.45, 2.75) is 0 Å². The number of carbonyl (C=O) groups is 1. The number of aromatic hydroxyl groups is 1. The number of aromatic nitrogens is 1. The first-order valence-corrected chi connectivity index (χ1v) is 6.56. The zero-order chi connectivity index (χ0) is 13.1. The Kier molecular flexibility index (Phi) is 3.98. The smallest absolute Gasteiger partial charge is 0.257 e. The van der Waals surface area contributed by atoms with E-state index in [2.05, 4.69) is 42.2 Å². The van der Waals surface area contributed by atoms with Gasteiger partial charge in [-0.15, -0.1) is 0 Å². The summed E-state index contributed by atoms with van der Waals surface area (Å²) in [5.74, 6) is -0.165. The molecule has 0 saturated heterocycles. The molecule has 0 aliphatic carbocycles. The van der Waals surface area contributed by atoms with Crippen LogP contribution in [0.1, 0.15) is 10.4 Å². The minimum atomic E-state index is -0.257. The Hall–Kier alpha value is -1.40. The largest absolute Gasteiger partial charge is 0.506 e.